The molecule has 0 saturated carbocycles. The van der Waals surface area contributed by atoms with Crippen molar-refractivity contribution in [3.05, 3.63) is 88.4 Å². The van der Waals surface area contributed by atoms with Gasteiger partial charge in [-0.2, -0.15) is 0 Å². The van der Waals surface area contributed by atoms with Crippen molar-refractivity contribution in [3.63, 3.8) is 0 Å². The first kappa shape index (κ1) is 43.4. The molecular formula is C40H53ClN6O7S2. The van der Waals surface area contributed by atoms with Gasteiger partial charge in [-0.3, -0.25) is 14.9 Å². The van der Waals surface area contributed by atoms with E-state index in [0.717, 1.165) is 34.6 Å². The molecule has 0 spiro atoms. The van der Waals surface area contributed by atoms with Gasteiger partial charge in [0.1, 0.15) is 17.0 Å². The fraction of sp³-hybridized carbons (Fsp3) is 0.475. The molecule has 2 aliphatic heterocycles. The van der Waals surface area contributed by atoms with Crippen LogP contribution >= 0.6 is 23.5 Å². The summed E-state index contributed by atoms with van der Waals surface area (Å²) < 4.78 is 38.1. The Bertz CT molecular complexity index is 1890. The number of esters is 1. The molecule has 4 atom stereocenters. The molecule has 7 N–H and O–H groups in total. The van der Waals surface area contributed by atoms with Gasteiger partial charge in [0.25, 0.3) is 0 Å². The minimum absolute atomic E-state index is 0.00228. The summed E-state index contributed by atoms with van der Waals surface area (Å²) in [6, 6.07) is 18.6. The van der Waals surface area contributed by atoms with Crippen molar-refractivity contribution in [1.29, 1.82) is 0 Å². The van der Waals surface area contributed by atoms with Crippen molar-refractivity contribution in [1.82, 2.24) is 19.7 Å². The summed E-state index contributed by atoms with van der Waals surface area (Å²) in [6.45, 7) is 2.79. The maximum atomic E-state index is 13.6. The molecule has 16 heteroatoms. The van der Waals surface area contributed by atoms with Crippen molar-refractivity contribution in [3.8, 4) is 0 Å². The maximum Gasteiger partial charge on any atom is 0.326 e. The van der Waals surface area contributed by atoms with Crippen molar-refractivity contribution in [2.45, 2.75) is 112 Å². The fourth-order valence-electron chi connectivity index (χ4n) is 6.98. The van der Waals surface area contributed by atoms with E-state index in [2.05, 4.69) is 32.2 Å². The summed E-state index contributed by atoms with van der Waals surface area (Å²) in [6.07, 6.45) is 6.11. The van der Waals surface area contributed by atoms with E-state index in [-0.39, 0.29) is 35.1 Å². The van der Waals surface area contributed by atoms with E-state index < -0.39 is 40.1 Å². The summed E-state index contributed by atoms with van der Waals surface area (Å²) in [5.41, 5.74) is 9.47. The number of nitrogens with two attached hydrogens (primary N) is 1. The molecule has 1 saturated heterocycles. The van der Waals surface area contributed by atoms with Gasteiger partial charge in [-0.1, -0.05) is 72.6 Å². The van der Waals surface area contributed by atoms with Gasteiger partial charge in [-0.25, -0.2) is 22.7 Å². The smallest absolute Gasteiger partial charge is 0.326 e. The Morgan fingerprint density at radius 3 is 2.43 bits per heavy atom. The Morgan fingerprint density at radius 2 is 1.71 bits per heavy atom. The van der Waals surface area contributed by atoms with Gasteiger partial charge in [0.2, 0.25) is 15.9 Å². The molecule has 0 radical (unpaired) electrons. The van der Waals surface area contributed by atoms with Gasteiger partial charge in [-0.05, 0) is 112 Å². The summed E-state index contributed by atoms with van der Waals surface area (Å²) >= 11 is 7.91. The maximum absolute atomic E-state index is 13.6. The van der Waals surface area contributed by atoms with Crippen LogP contribution in [0.4, 0.5) is 5.69 Å². The molecule has 1 fully saturated rings. The Labute approximate surface area is 339 Å². The van der Waals surface area contributed by atoms with Crippen molar-refractivity contribution in [2.75, 3.05) is 25.0 Å². The van der Waals surface area contributed by atoms with E-state index in [0.29, 0.717) is 64.5 Å². The minimum Gasteiger partial charge on any atom is -0.480 e. The van der Waals surface area contributed by atoms with Gasteiger partial charge < -0.3 is 25.8 Å². The molecule has 2 aliphatic rings. The number of rotatable bonds is 21. The van der Waals surface area contributed by atoms with E-state index in [4.69, 9.17) is 22.1 Å². The summed E-state index contributed by atoms with van der Waals surface area (Å²) in [5.74, 6) is -1.81. The molecular weight excluding hydrogens is 776 g/mol. The summed E-state index contributed by atoms with van der Waals surface area (Å²) in [4.78, 5) is 40.6. The van der Waals surface area contributed by atoms with Crippen LogP contribution in [0.25, 0.3) is 0 Å². The number of nitrogens with one attached hydrogen (secondary N) is 4. The molecule has 3 aromatic carbocycles. The van der Waals surface area contributed by atoms with E-state index >= 15 is 0 Å². The average Bonchev–Trinajstić information content (AvgIpc) is 3.70. The number of carboxylic acids is 1. The number of carboxylic acid groups (broad SMARTS) is 1. The van der Waals surface area contributed by atoms with Gasteiger partial charge in [-0.15, -0.1) is 0 Å². The third kappa shape index (κ3) is 12.2. The van der Waals surface area contributed by atoms with Crippen LogP contribution in [-0.4, -0.2) is 80.3 Å². The molecule has 0 aromatic heterocycles. The lowest BCUT2D eigenvalue weighted by atomic mass is 10.0. The Hall–Kier alpha value is -3.70. The largest absolute Gasteiger partial charge is 0.480 e. The number of benzene rings is 3. The van der Waals surface area contributed by atoms with E-state index in [9.17, 15) is 27.9 Å². The van der Waals surface area contributed by atoms with Crippen molar-refractivity contribution in [2.24, 2.45) is 5.73 Å². The number of nitrogens with zero attached hydrogens (tertiary/aromatic N) is 1. The molecule has 1 amide bonds. The first-order valence-electron chi connectivity index (χ1n) is 19.3. The number of carbonyl (C=O) groups is 3. The highest BCUT2D eigenvalue weighted by Crippen LogP contribution is 2.37. The van der Waals surface area contributed by atoms with Crippen LogP contribution in [-0.2, 0) is 48.5 Å². The lowest BCUT2D eigenvalue weighted by molar-refractivity contribution is -0.150. The molecule has 3 aromatic rings. The molecule has 56 heavy (non-hydrogen) atoms. The van der Waals surface area contributed by atoms with Gasteiger partial charge in [0.05, 0.1) is 29.5 Å². The zero-order chi connectivity index (χ0) is 40.1. The highest BCUT2D eigenvalue weighted by Gasteiger charge is 2.38. The number of amides is 1. The lowest BCUT2D eigenvalue weighted by Crippen LogP contribution is -2.54. The summed E-state index contributed by atoms with van der Waals surface area (Å²) in [7, 11) is -3.93. The summed E-state index contributed by atoms with van der Waals surface area (Å²) in [5, 5.41) is 16.4. The highest BCUT2D eigenvalue weighted by atomic mass is 35.5. The van der Waals surface area contributed by atoms with Gasteiger partial charge in [0.15, 0.2) is 0 Å². The van der Waals surface area contributed by atoms with Crippen molar-refractivity contribution >= 4 is 57.1 Å². The monoisotopic (exact) mass is 828 g/mol. The lowest BCUT2D eigenvalue weighted by Gasteiger charge is -2.30. The second kappa shape index (κ2) is 21.2. The van der Waals surface area contributed by atoms with Crippen LogP contribution in [0.5, 0.6) is 0 Å². The van der Waals surface area contributed by atoms with Gasteiger partial charge in [0, 0.05) is 18.0 Å². The van der Waals surface area contributed by atoms with Crippen LogP contribution in [0.3, 0.4) is 0 Å². The van der Waals surface area contributed by atoms with Crippen LogP contribution in [0.1, 0.15) is 75.0 Å². The van der Waals surface area contributed by atoms with E-state index in [1.807, 2.05) is 42.5 Å². The number of aliphatic carboxylic acids is 1. The van der Waals surface area contributed by atoms with E-state index in [1.165, 1.54) is 22.4 Å². The molecule has 5 rings (SSSR count). The zero-order valence-corrected chi connectivity index (χ0v) is 34.1. The molecule has 0 bridgehead atoms. The first-order valence-corrected chi connectivity index (χ1v) is 22.0. The van der Waals surface area contributed by atoms with Crippen molar-refractivity contribution < 1.29 is 32.6 Å². The number of unbranched alkanes of at least 4 members (excludes halogenated alkanes) is 1. The zero-order valence-electron chi connectivity index (χ0n) is 31.7. The number of carbonyl (C=O) groups excluding carboxylic acids is 2. The molecule has 1 unspecified atom stereocenters. The quantitative estimate of drug-likeness (QED) is 0.0467. The molecule has 0 aliphatic carbocycles. The van der Waals surface area contributed by atoms with Gasteiger partial charge >= 0.3 is 11.9 Å². The van der Waals surface area contributed by atoms with Crippen LogP contribution in [0.2, 0.25) is 5.02 Å². The number of halogens is 1. The number of anilines is 1. The molecule has 2 heterocycles. The standard InChI is InChI=1S/C40H53ClN6O7S2/c1-2-54-40(51)32(44-31(13-6-7-22-42)38(48)47-23-9-15-34(47)39(49)50)14-8-12-28-16-18-29(19-17-28)26-43-56(52,53)36-25-35-33(24-30(36)41)45-37(46-55-35)21-20-27-10-4-3-5-11-27/h3-5,10-11,16-19,24-25,31-32,34,37,43-46H,2,6-9,12-15,20-23,26,42H2,1H3,(H,49,50)/t31-,32-,34?,37-/m0/s1. The highest BCUT2D eigenvalue weighted by molar-refractivity contribution is 7.97. The number of fused-ring (bicyclic) bond motifs is 1. The fourth-order valence-corrected chi connectivity index (χ4v) is 9.47. The second-order valence-electron chi connectivity index (χ2n) is 14.1. The third-order valence-electron chi connectivity index (χ3n) is 10.0. The van der Waals surface area contributed by atoms with Crippen LogP contribution < -0.4 is 25.8 Å². The Balaban J connectivity index is 1.14. The number of aryl methyl sites for hydroxylation is 2. The number of ether oxygens (including phenoxy) is 1. The molecule has 13 nitrogen and oxygen atoms in total. The van der Waals surface area contributed by atoms with E-state index in [1.54, 1.807) is 19.1 Å². The topological polar surface area (TPSA) is 192 Å². The number of hydrogen-bond acceptors (Lipinski definition) is 11. The first-order chi connectivity index (χ1) is 27.0. The predicted molar refractivity (Wildman–Crippen MR) is 219 cm³/mol. The Morgan fingerprint density at radius 1 is 1.00 bits per heavy atom. The number of sulfonamides is 1. The second-order valence-corrected chi connectivity index (χ2v) is 17.1. The predicted octanol–water partition coefficient (Wildman–Crippen LogP) is 5.22. The van der Waals surface area contributed by atoms with Crippen LogP contribution in [0, 0.1) is 0 Å². The minimum atomic E-state index is -3.93. The SMILES string of the molecule is CCOC(=O)[C@H](CCCc1ccc(CNS(=O)(=O)c2cc3c(cc2Cl)N[C@H](CCc2ccccc2)NS3)cc1)N[C@@H](CCCCN)C(=O)N1CCCC1C(=O)O. The van der Waals surface area contributed by atoms with Crippen LogP contribution in [0.15, 0.2) is 76.5 Å². The normalized spacial score (nSPS) is 17.8. The number of likely N-dealkylation sites (tertiary alicyclic amines) is 1. The molecule has 304 valence electrons. The third-order valence-corrected chi connectivity index (χ3v) is 12.8. The number of hydrogen-bond donors (Lipinski definition) is 6. The Kier molecular flexibility index (Phi) is 16.4. The average molecular weight is 829 g/mol.